The van der Waals surface area contributed by atoms with Gasteiger partial charge in [0.25, 0.3) is 11.6 Å². The summed E-state index contributed by atoms with van der Waals surface area (Å²) in [5.41, 5.74) is 4.84. The summed E-state index contributed by atoms with van der Waals surface area (Å²) in [5, 5.41) is 19.1. The number of aliphatic hydroxyl groups excluding tert-OH is 1. The van der Waals surface area contributed by atoms with Crippen LogP contribution in [0.2, 0.25) is 0 Å². The van der Waals surface area contributed by atoms with Crippen LogP contribution >= 0.6 is 0 Å². The molecule has 17 heavy (non-hydrogen) atoms. The Bertz CT molecular complexity index is 456. The molecule has 0 bridgehead atoms. The van der Waals surface area contributed by atoms with Gasteiger partial charge in [-0.2, -0.15) is 0 Å². The lowest BCUT2D eigenvalue weighted by Crippen LogP contribution is -2.42. The van der Waals surface area contributed by atoms with Crippen molar-refractivity contribution in [2.45, 2.75) is 0 Å². The lowest BCUT2D eigenvalue weighted by molar-refractivity contribution is -0.384. The maximum Gasteiger partial charge on any atom is 0.326 e. The number of urea groups is 1. The number of imide groups is 1. The van der Waals surface area contributed by atoms with E-state index in [0.29, 0.717) is 4.90 Å². The van der Waals surface area contributed by atoms with Crippen LogP contribution in [0.5, 0.6) is 0 Å². The minimum absolute atomic E-state index is 0.0575. The summed E-state index contributed by atoms with van der Waals surface area (Å²) >= 11 is 0. The number of rotatable bonds is 3. The Labute approximate surface area is 95.4 Å². The monoisotopic (exact) mass is 239 g/mol. The van der Waals surface area contributed by atoms with Crippen molar-refractivity contribution in [3.8, 4) is 0 Å². The van der Waals surface area contributed by atoms with Crippen molar-refractivity contribution in [1.29, 1.82) is 0 Å². The van der Waals surface area contributed by atoms with Crippen molar-refractivity contribution >= 4 is 23.3 Å². The molecular formula is C9H9N3O5. The molecule has 1 aromatic rings. The van der Waals surface area contributed by atoms with E-state index < -0.39 is 23.5 Å². The van der Waals surface area contributed by atoms with Crippen LogP contribution in [0.15, 0.2) is 24.3 Å². The minimum atomic E-state index is -1.07. The Hall–Kier alpha value is -2.48. The van der Waals surface area contributed by atoms with E-state index in [9.17, 15) is 19.7 Å². The molecule has 90 valence electrons. The zero-order chi connectivity index (χ0) is 13.0. The van der Waals surface area contributed by atoms with Crippen molar-refractivity contribution < 1.29 is 19.6 Å². The van der Waals surface area contributed by atoms with Gasteiger partial charge in [-0.15, -0.1) is 0 Å². The second kappa shape index (κ2) is 5.03. The van der Waals surface area contributed by atoms with Crippen LogP contribution in [0.25, 0.3) is 0 Å². The van der Waals surface area contributed by atoms with E-state index in [1.165, 1.54) is 12.1 Å². The summed E-state index contributed by atoms with van der Waals surface area (Å²) in [6.45, 7) is -0.889. The van der Waals surface area contributed by atoms with Crippen molar-refractivity contribution in [3.05, 3.63) is 34.4 Å². The molecule has 3 N–H and O–H groups in total. The molecule has 3 amide bonds. The molecule has 0 saturated carbocycles. The van der Waals surface area contributed by atoms with Gasteiger partial charge in [-0.1, -0.05) is 0 Å². The van der Waals surface area contributed by atoms with Crippen LogP contribution in [0.1, 0.15) is 0 Å². The molecule has 0 atom stereocenters. The van der Waals surface area contributed by atoms with Crippen LogP contribution in [0, 0.1) is 10.1 Å². The van der Waals surface area contributed by atoms with Crippen LogP contribution in [0.4, 0.5) is 16.2 Å². The summed E-state index contributed by atoms with van der Waals surface area (Å²) in [5.74, 6) is -0.911. The van der Waals surface area contributed by atoms with E-state index in [-0.39, 0.29) is 11.4 Å². The van der Waals surface area contributed by atoms with Gasteiger partial charge in [0.2, 0.25) is 0 Å². The first-order chi connectivity index (χ1) is 7.97. The number of carbonyl (C=O) groups is 2. The van der Waals surface area contributed by atoms with E-state index >= 15 is 0 Å². The highest BCUT2D eigenvalue weighted by atomic mass is 16.6. The molecule has 0 aliphatic heterocycles. The van der Waals surface area contributed by atoms with Crippen LogP contribution in [-0.4, -0.2) is 28.6 Å². The van der Waals surface area contributed by atoms with Crippen LogP contribution < -0.4 is 10.6 Å². The SMILES string of the molecule is NC(=O)N(C(=O)CO)c1ccc([N+](=O)[O-])cc1. The molecule has 8 heteroatoms. The lowest BCUT2D eigenvalue weighted by Gasteiger charge is -2.16. The third kappa shape index (κ3) is 2.75. The summed E-state index contributed by atoms with van der Waals surface area (Å²) in [6.07, 6.45) is 0. The molecule has 0 heterocycles. The molecule has 1 rings (SSSR count). The molecule has 0 radical (unpaired) electrons. The van der Waals surface area contributed by atoms with Crippen molar-refractivity contribution in [2.75, 3.05) is 11.5 Å². The smallest absolute Gasteiger partial charge is 0.326 e. The van der Waals surface area contributed by atoms with E-state index in [1.54, 1.807) is 0 Å². The quantitative estimate of drug-likeness (QED) is 0.566. The van der Waals surface area contributed by atoms with Gasteiger partial charge in [0, 0.05) is 12.1 Å². The van der Waals surface area contributed by atoms with Gasteiger partial charge in [0.05, 0.1) is 10.6 Å². The minimum Gasteiger partial charge on any atom is -0.387 e. The lowest BCUT2D eigenvalue weighted by atomic mass is 10.2. The summed E-state index contributed by atoms with van der Waals surface area (Å²) in [4.78, 5) is 32.5. The average molecular weight is 239 g/mol. The Kier molecular flexibility index (Phi) is 3.73. The third-order valence-corrected chi connectivity index (χ3v) is 1.92. The largest absolute Gasteiger partial charge is 0.387 e. The van der Waals surface area contributed by atoms with Gasteiger partial charge in [-0.25, -0.2) is 9.69 Å². The molecule has 0 unspecified atom stereocenters. The highest BCUT2D eigenvalue weighted by Crippen LogP contribution is 2.19. The van der Waals surface area contributed by atoms with Gasteiger partial charge in [-0.3, -0.25) is 14.9 Å². The van der Waals surface area contributed by atoms with Gasteiger partial charge in [-0.05, 0) is 12.1 Å². The zero-order valence-corrected chi connectivity index (χ0v) is 8.57. The molecule has 0 saturated heterocycles. The van der Waals surface area contributed by atoms with Crippen LogP contribution in [-0.2, 0) is 4.79 Å². The fraction of sp³-hybridized carbons (Fsp3) is 0.111. The Morgan fingerprint density at radius 1 is 1.35 bits per heavy atom. The van der Waals surface area contributed by atoms with E-state index in [0.717, 1.165) is 12.1 Å². The predicted molar refractivity (Wildman–Crippen MR) is 57.3 cm³/mol. The maximum atomic E-state index is 11.2. The first-order valence-corrected chi connectivity index (χ1v) is 4.45. The second-order valence-corrected chi connectivity index (χ2v) is 3.00. The normalized spacial score (nSPS) is 9.71. The number of nitro groups is 1. The van der Waals surface area contributed by atoms with Crippen molar-refractivity contribution in [2.24, 2.45) is 5.73 Å². The number of hydrogen-bond acceptors (Lipinski definition) is 5. The fourth-order valence-electron chi connectivity index (χ4n) is 1.19. The summed E-state index contributed by atoms with van der Waals surface area (Å²) < 4.78 is 0. The van der Waals surface area contributed by atoms with E-state index in [1.807, 2.05) is 0 Å². The topological polar surface area (TPSA) is 127 Å². The van der Waals surface area contributed by atoms with Crippen molar-refractivity contribution in [1.82, 2.24) is 0 Å². The number of benzene rings is 1. The maximum absolute atomic E-state index is 11.2. The molecule has 0 spiro atoms. The molecule has 1 aromatic carbocycles. The number of aliphatic hydroxyl groups is 1. The number of carbonyl (C=O) groups excluding carboxylic acids is 2. The highest BCUT2D eigenvalue weighted by Gasteiger charge is 2.20. The fourth-order valence-corrected chi connectivity index (χ4v) is 1.19. The zero-order valence-electron chi connectivity index (χ0n) is 8.57. The number of nitrogens with zero attached hydrogens (tertiary/aromatic N) is 2. The first kappa shape index (κ1) is 12.6. The number of nitro benzene ring substituents is 1. The Morgan fingerprint density at radius 2 is 1.88 bits per heavy atom. The summed E-state index contributed by atoms with van der Waals surface area (Å²) in [6, 6.07) is 3.55. The molecule has 0 aromatic heterocycles. The molecule has 0 aliphatic rings. The number of non-ortho nitro benzene ring substituents is 1. The molecule has 0 fully saturated rings. The number of primary amides is 1. The van der Waals surface area contributed by atoms with E-state index in [2.05, 4.69) is 0 Å². The van der Waals surface area contributed by atoms with Gasteiger partial charge in [0.15, 0.2) is 0 Å². The average Bonchev–Trinajstić information content (AvgIpc) is 2.29. The van der Waals surface area contributed by atoms with Crippen molar-refractivity contribution in [3.63, 3.8) is 0 Å². The second-order valence-electron chi connectivity index (χ2n) is 3.00. The van der Waals surface area contributed by atoms with Gasteiger partial charge < -0.3 is 10.8 Å². The van der Waals surface area contributed by atoms with Gasteiger partial charge in [0.1, 0.15) is 6.61 Å². The van der Waals surface area contributed by atoms with Crippen LogP contribution in [0.3, 0.4) is 0 Å². The number of nitrogens with two attached hydrogens (primary N) is 1. The molecular weight excluding hydrogens is 230 g/mol. The Balaban J connectivity index is 3.08. The standard InChI is InChI=1S/C9H9N3O5/c10-9(15)11(8(14)5-13)6-1-3-7(4-2-6)12(16)17/h1-4,13H,5H2,(H2,10,15). The number of anilines is 1. The predicted octanol–water partition coefficient (Wildman–Crippen LogP) is -0.00120. The highest BCUT2D eigenvalue weighted by molar-refractivity contribution is 6.14. The summed E-state index contributed by atoms with van der Waals surface area (Å²) in [7, 11) is 0. The first-order valence-electron chi connectivity index (χ1n) is 4.45. The van der Waals surface area contributed by atoms with E-state index in [4.69, 9.17) is 10.8 Å². The third-order valence-electron chi connectivity index (χ3n) is 1.92. The number of hydrogen-bond donors (Lipinski definition) is 2. The Morgan fingerprint density at radius 3 is 2.24 bits per heavy atom. The number of amides is 3. The molecule has 0 aliphatic carbocycles. The molecule has 8 nitrogen and oxygen atoms in total. The van der Waals surface area contributed by atoms with Gasteiger partial charge >= 0.3 is 6.03 Å².